The molecule has 0 unspecified atom stereocenters. The molecule has 1 fully saturated rings. The highest BCUT2D eigenvalue weighted by Crippen LogP contribution is 2.12. The Bertz CT molecular complexity index is 504. The zero-order valence-electron chi connectivity index (χ0n) is 11.4. The lowest BCUT2D eigenvalue weighted by Gasteiger charge is -2.24. The molecule has 120 valence electrons. The van der Waals surface area contributed by atoms with Gasteiger partial charge in [0, 0.05) is 12.5 Å². The second kappa shape index (κ2) is 7.25. The van der Waals surface area contributed by atoms with Gasteiger partial charge in [-0.05, 0) is 19.3 Å². The molecule has 1 aliphatic rings. The summed E-state index contributed by atoms with van der Waals surface area (Å²) in [6, 6.07) is -2.22. The van der Waals surface area contributed by atoms with Gasteiger partial charge < -0.3 is 21.5 Å². The topological polar surface area (TPSA) is 156 Å². The first kappa shape index (κ1) is 17.2. The molecule has 21 heavy (non-hydrogen) atoms. The van der Waals surface area contributed by atoms with E-state index in [1.54, 1.807) is 0 Å². The van der Waals surface area contributed by atoms with Crippen LogP contribution in [0.3, 0.4) is 0 Å². The Kier molecular flexibility index (Phi) is 5.94. The zero-order chi connectivity index (χ0) is 16.0. The molecule has 1 heterocycles. The first-order valence-corrected chi connectivity index (χ1v) is 8.30. The van der Waals surface area contributed by atoms with Crippen molar-refractivity contribution in [1.82, 2.24) is 10.6 Å². The molecule has 0 aromatic heterocycles. The van der Waals surface area contributed by atoms with E-state index >= 15 is 0 Å². The second-order valence-electron chi connectivity index (χ2n) is 4.94. The molecular formula is C11H19N3O6S. The van der Waals surface area contributed by atoms with Gasteiger partial charge in [0.05, 0.1) is 11.5 Å². The van der Waals surface area contributed by atoms with Crippen LogP contribution in [0.4, 0.5) is 4.79 Å². The SMILES string of the molecule is NC(=O)CC[C@H](NC(=O)NC1CCS(=O)(=O)CC1)C(=O)O. The Morgan fingerprint density at radius 2 is 1.81 bits per heavy atom. The number of primary amides is 1. The van der Waals surface area contributed by atoms with Crippen molar-refractivity contribution in [3.05, 3.63) is 0 Å². The van der Waals surface area contributed by atoms with Crippen molar-refractivity contribution < 1.29 is 27.9 Å². The van der Waals surface area contributed by atoms with Crippen LogP contribution in [0, 0.1) is 0 Å². The number of carboxylic acids is 1. The van der Waals surface area contributed by atoms with Gasteiger partial charge in [-0.1, -0.05) is 0 Å². The third kappa shape index (κ3) is 6.43. The number of hydrogen-bond donors (Lipinski definition) is 4. The van der Waals surface area contributed by atoms with Gasteiger partial charge in [-0.15, -0.1) is 0 Å². The van der Waals surface area contributed by atoms with Crippen LogP contribution in [0.15, 0.2) is 0 Å². The van der Waals surface area contributed by atoms with Crippen molar-refractivity contribution in [2.24, 2.45) is 5.73 Å². The minimum Gasteiger partial charge on any atom is -0.480 e. The molecular weight excluding hydrogens is 302 g/mol. The predicted molar refractivity (Wildman–Crippen MR) is 73.2 cm³/mol. The number of carbonyl (C=O) groups excluding carboxylic acids is 2. The fourth-order valence-electron chi connectivity index (χ4n) is 1.96. The second-order valence-corrected chi connectivity index (χ2v) is 7.24. The van der Waals surface area contributed by atoms with Crippen molar-refractivity contribution in [1.29, 1.82) is 0 Å². The highest BCUT2D eigenvalue weighted by atomic mass is 32.2. The first-order valence-electron chi connectivity index (χ1n) is 6.48. The molecule has 3 amide bonds. The summed E-state index contributed by atoms with van der Waals surface area (Å²) in [5.74, 6) is -1.91. The Balaban J connectivity index is 2.43. The number of aliphatic carboxylic acids is 1. The number of carbonyl (C=O) groups is 3. The maximum absolute atomic E-state index is 11.7. The van der Waals surface area contributed by atoms with Crippen LogP contribution in [0.1, 0.15) is 25.7 Å². The number of nitrogens with one attached hydrogen (secondary N) is 2. The number of sulfone groups is 1. The van der Waals surface area contributed by atoms with Gasteiger partial charge in [-0.25, -0.2) is 18.0 Å². The quantitative estimate of drug-likeness (QED) is 0.470. The molecule has 0 aliphatic carbocycles. The van der Waals surface area contributed by atoms with Crippen molar-refractivity contribution in [3.63, 3.8) is 0 Å². The Morgan fingerprint density at radius 3 is 2.29 bits per heavy atom. The van der Waals surface area contributed by atoms with E-state index in [0.717, 1.165) is 0 Å². The maximum atomic E-state index is 11.7. The summed E-state index contributed by atoms with van der Waals surface area (Å²) >= 11 is 0. The molecule has 0 spiro atoms. The molecule has 1 aliphatic heterocycles. The maximum Gasteiger partial charge on any atom is 0.326 e. The molecule has 0 radical (unpaired) electrons. The predicted octanol–water partition coefficient (Wildman–Crippen LogP) is -1.42. The molecule has 1 saturated heterocycles. The average molecular weight is 321 g/mol. The highest BCUT2D eigenvalue weighted by molar-refractivity contribution is 7.91. The third-order valence-corrected chi connectivity index (χ3v) is 4.89. The summed E-state index contributed by atoms with van der Waals surface area (Å²) in [6.07, 6.45) is 0.347. The number of amides is 3. The molecule has 5 N–H and O–H groups in total. The first-order chi connectivity index (χ1) is 9.69. The van der Waals surface area contributed by atoms with Crippen LogP contribution in [0.5, 0.6) is 0 Å². The monoisotopic (exact) mass is 321 g/mol. The Labute approximate surface area is 122 Å². The van der Waals surface area contributed by atoms with Gasteiger partial charge in [-0.2, -0.15) is 0 Å². The smallest absolute Gasteiger partial charge is 0.326 e. The lowest BCUT2D eigenvalue weighted by Crippen LogP contribution is -2.50. The minimum absolute atomic E-state index is 0.00197. The molecule has 1 atom stereocenters. The summed E-state index contributed by atoms with van der Waals surface area (Å²) in [6.45, 7) is 0. The molecule has 0 aromatic rings. The van der Waals surface area contributed by atoms with E-state index in [9.17, 15) is 22.8 Å². The largest absolute Gasteiger partial charge is 0.480 e. The number of carboxylic acid groups (broad SMARTS) is 1. The van der Waals surface area contributed by atoms with Gasteiger partial charge in [0.25, 0.3) is 0 Å². The lowest BCUT2D eigenvalue weighted by atomic mass is 10.1. The standard InChI is InChI=1S/C11H19N3O6S/c12-9(15)2-1-8(10(16)17)14-11(18)13-7-3-5-21(19,20)6-4-7/h7-8H,1-6H2,(H2,12,15)(H,16,17)(H2,13,14,18)/t8-/m0/s1. The number of rotatable bonds is 6. The van der Waals surface area contributed by atoms with Crippen molar-refractivity contribution >= 4 is 27.7 Å². The van der Waals surface area contributed by atoms with E-state index in [1.165, 1.54) is 0 Å². The minimum atomic E-state index is -3.02. The third-order valence-electron chi connectivity index (χ3n) is 3.17. The summed E-state index contributed by atoms with van der Waals surface area (Å²) in [7, 11) is -3.02. The molecule has 9 nitrogen and oxygen atoms in total. The van der Waals surface area contributed by atoms with Gasteiger partial charge in [0.15, 0.2) is 0 Å². The molecule has 10 heteroatoms. The zero-order valence-corrected chi connectivity index (χ0v) is 12.2. The van der Waals surface area contributed by atoms with Gasteiger partial charge in [0.2, 0.25) is 5.91 Å². The van der Waals surface area contributed by atoms with E-state index in [4.69, 9.17) is 10.8 Å². The number of urea groups is 1. The van der Waals surface area contributed by atoms with Crippen molar-refractivity contribution in [3.8, 4) is 0 Å². The van der Waals surface area contributed by atoms with Crippen molar-refractivity contribution in [2.75, 3.05) is 11.5 Å². The van der Waals surface area contributed by atoms with Crippen LogP contribution in [0.25, 0.3) is 0 Å². The average Bonchev–Trinajstić information content (AvgIpc) is 2.36. The summed E-state index contributed by atoms with van der Waals surface area (Å²) in [4.78, 5) is 33.3. The van der Waals surface area contributed by atoms with E-state index in [0.29, 0.717) is 12.8 Å². The number of hydrogen-bond acceptors (Lipinski definition) is 5. The molecule has 0 bridgehead atoms. The van der Waals surface area contributed by atoms with Crippen LogP contribution in [-0.4, -0.2) is 55.0 Å². The summed E-state index contributed by atoms with van der Waals surface area (Å²) in [5.41, 5.74) is 4.93. The highest BCUT2D eigenvalue weighted by Gasteiger charge is 2.26. The fourth-order valence-corrected chi connectivity index (χ4v) is 3.46. The van der Waals surface area contributed by atoms with E-state index < -0.39 is 33.8 Å². The van der Waals surface area contributed by atoms with Crippen LogP contribution < -0.4 is 16.4 Å². The van der Waals surface area contributed by atoms with Crippen LogP contribution in [0.2, 0.25) is 0 Å². The van der Waals surface area contributed by atoms with E-state index in [2.05, 4.69) is 10.6 Å². The van der Waals surface area contributed by atoms with Crippen LogP contribution in [-0.2, 0) is 19.4 Å². The van der Waals surface area contributed by atoms with E-state index in [1.807, 2.05) is 0 Å². The Hall–Kier alpha value is -1.84. The Morgan fingerprint density at radius 1 is 1.24 bits per heavy atom. The van der Waals surface area contributed by atoms with Gasteiger partial charge in [0.1, 0.15) is 15.9 Å². The normalized spacial score (nSPS) is 19.4. The van der Waals surface area contributed by atoms with Crippen LogP contribution >= 0.6 is 0 Å². The molecule has 0 aromatic carbocycles. The van der Waals surface area contributed by atoms with Gasteiger partial charge in [-0.3, -0.25) is 4.79 Å². The number of nitrogens with two attached hydrogens (primary N) is 1. The van der Waals surface area contributed by atoms with E-state index in [-0.39, 0.29) is 30.4 Å². The van der Waals surface area contributed by atoms with Crippen molar-refractivity contribution in [2.45, 2.75) is 37.8 Å². The van der Waals surface area contributed by atoms with Gasteiger partial charge >= 0.3 is 12.0 Å². The molecule has 0 saturated carbocycles. The summed E-state index contributed by atoms with van der Waals surface area (Å²) < 4.78 is 22.5. The molecule has 1 rings (SSSR count). The fraction of sp³-hybridized carbons (Fsp3) is 0.727. The lowest BCUT2D eigenvalue weighted by molar-refractivity contribution is -0.139. The summed E-state index contributed by atoms with van der Waals surface area (Å²) in [5, 5.41) is 13.7.